The first kappa shape index (κ1) is 18.0. The Bertz CT molecular complexity index is 849. The predicted molar refractivity (Wildman–Crippen MR) is 95.9 cm³/mol. The summed E-state index contributed by atoms with van der Waals surface area (Å²) in [5, 5.41) is 13.0. The van der Waals surface area contributed by atoms with Crippen molar-refractivity contribution in [1.82, 2.24) is 4.83 Å². The van der Waals surface area contributed by atoms with Crippen LogP contribution in [0.5, 0.6) is 5.75 Å². The molecule has 0 spiro atoms. The van der Waals surface area contributed by atoms with Gasteiger partial charge in [-0.15, -0.1) is 0 Å². The third-order valence-corrected chi connectivity index (χ3v) is 4.99. The van der Waals surface area contributed by atoms with Crippen LogP contribution in [0.2, 0.25) is 0 Å². The summed E-state index contributed by atoms with van der Waals surface area (Å²) in [5.41, 5.74) is 2.13. The van der Waals surface area contributed by atoms with Crippen molar-refractivity contribution in [3.63, 3.8) is 0 Å². The van der Waals surface area contributed by atoms with Crippen molar-refractivity contribution in [3.05, 3.63) is 59.2 Å². The second-order valence-electron chi connectivity index (χ2n) is 6.67. The normalized spacial score (nSPS) is 12.5. The summed E-state index contributed by atoms with van der Waals surface area (Å²) in [6.45, 7) is 7.85. The lowest BCUT2D eigenvalue weighted by molar-refractivity contribution is 0.475. The number of phenols is 1. The number of phenolic OH excluding ortho intramolecular Hbond substituents is 1. The van der Waals surface area contributed by atoms with Crippen LogP contribution >= 0.6 is 0 Å². The van der Waals surface area contributed by atoms with Crippen LogP contribution in [-0.2, 0) is 15.4 Å². The molecule has 0 saturated heterocycles. The summed E-state index contributed by atoms with van der Waals surface area (Å²) >= 11 is 0. The molecule has 0 aliphatic heterocycles. The molecule has 0 amide bonds. The molecule has 0 saturated carbocycles. The first-order valence-electron chi connectivity index (χ1n) is 7.55. The molecule has 2 N–H and O–H groups in total. The van der Waals surface area contributed by atoms with Crippen molar-refractivity contribution in [2.75, 3.05) is 0 Å². The molecule has 0 aliphatic rings. The minimum absolute atomic E-state index is 0.141. The van der Waals surface area contributed by atoms with E-state index in [1.807, 2.05) is 26.8 Å². The Morgan fingerprint density at radius 2 is 1.71 bits per heavy atom. The number of hydrogen-bond donors (Lipinski definition) is 2. The average Bonchev–Trinajstić information content (AvgIpc) is 2.48. The van der Waals surface area contributed by atoms with Crippen molar-refractivity contribution in [2.24, 2.45) is 5.10 Å². The van der Waals surface area contributed by atoms with E-state index in [1.54, 1.807) is 31.2 Å². The zero-order chi connectivity index (χ0) is 18.0. The van der Waals surface area contributed by atoms with Gasteiger partial charge in [0.2, 0.25) is 0 Å². The SMILES string of the molecule is Cc1ccc(C(C)(C)C)cc1S(=O)(=O)N/N=C/c1ccc(O)cc1. The molecule has 6 heteroatoms. The number of nitrogens with one attached hydrogen (secondary N) is 1. The van der Waals surface area contributed by atoms with Gasteiger partial charge in [-0.1, -0.05) is 32.9 Å². The van der Waals surface area contributed by atoms with Gasteiger partial charge >= 0.3 is 0 Å². The fourth-order valence-corrected chi connectivity index (χ4v) is 3.20. The number of aryl methyl sites for hydroxylation is 1. The number of nitrogens with zero attached hydrogens (tertiary/aromatic N) is 1. The Morgan fingerprint density at radius 1 is 1.08 bits per heavy atom. The lowest BCUT2D eigenvalue weighted by Crippen LogP contribution is -2.21. The Balaban J connectivity index is 2.25. The summed E-state index contributed by atoms with van der Waals surface area (Å²) in [5.74, 6) is 0.141. The van der Waals surface area contributed by atoms with Crippen LogP contribution in [0.25, 0.3) is 0 Å². The van der Waals surface area contributed by atoms with Crippen LogP contribution in [-0.4, -0.2) is 19.7 Å². The molecule has 0 atom stereocenters. The molecular weight excluding hydrogens is 324 g/mol. The Labute approximate surface area is 143 Å². The molecule has 2 aromatic rings. The molecule has 0 aliphatic carbocycles. The summed E-state index contributed by atoms with van der Waals surface area (Å²) in [6.07, 6.45) is 1.39. The zero-order valence-electron chi connectivity index (χ0n) is 14.2. The van der Waals surface area contributed by atoms with E-state index in [0.717, 1.165) is 5.56 Å². The third-order valence-electron chi connectivity index (χ3n) is 3.62. The van der Waals surface area contributed by atoms with Gasteiger partial charge in [0, 0.05) is 0 Å². The zero-order valence-corrected chi connectivity index (χ0v) is 15.1. The summed E-state index contributed by atoms with van der Waals surface area (Å²) in [7, 11) is -3.75. The largest absolute Gasteiger partial charge is 0.508 e. The molecule has 2 rings (SSSR count). The number of rotatable bonds is 4. The summed E-state index contributed by atoms with van der Waals surface area (Å²) in [6, 6.07) is 11.7. The number of hydrazone groups is 1. The van der Waals surface area contributed by atoms with Crippen LogP contribution in [0.3, 0.4) is 0 Å². The molecule has 5 nitrogen and oxygen atoms in total. The molecule has 0 aromatic heterocycles. The van der Waals surface area contributed by atoms with E-state index in [4.69, 9.17) is 0 Å². The minimum Gasteiger partial charge on any atom is -0.508 e. The van der Waals surface area contributed by atoms with Crippen molar-refractivity contribution in [2.45, 2.75) is 38.0 Å². The molecule has 0 fully saturated rings. The van der Waals surface area contributed by atoms with Crippen LogP contribution in [0.4, 0.5) is 0 Å². The smallest absolute Gasteiger partial charge is 0.276 e. The van der Waals surface area contributed by atoms with E-state index < -0.39 is 10.0 Å². The highest BCUT2D eigenvalue weighted by Crippen LogP contribution is 2.26. The van der Waals surface area contributed by atoms with Gasteiger partial charge in [-0.2, -0.15) is 13.5 Å². The second-order valence-corrected chi connectivity index (χ2v) is 8.30. The van der Waals surface area contributed by atoms with Crippen molar-refractivity contribution >= 4 is 16.2 Å². The number of sulfonamides is 1. The van der Waals surface area contributed by atoms with Crippen LogP contribution in [0, 0.1) is 6.92 Å². The van der Waals surface area contributed by atoms with E-state index in [0.29, 0.717) is 11.1 Å². The molecule has 0 bridgehead atoms. The van der Waals surface area contributed by atoms with Gasteiger partial charge in [0.1, 0.15) is 5.75 Å². The maximum Gasteiger partial charge on any atom is 0.276 e. The van der Waals surface area contributed by atoms with Crippen molar-refractivity contribution < 1.29 is 13.5 Å². The van der Waals surface area contributed by atoms with E-state index in [2.05, 4.69) is 9.93 Å². The molecule has 24 heavy (non-hydrogen) atoms. The monoisotopic (exact) mass is 346 g/mol. The Hall–Kier alpha value is -2.34. The molecule has 128 valence electrons. The topological polar surface area (TPSA) is 78.8 Å². The van der Waals surface area contributed by atoms with E-state index >= 15 is 0 Å². The van der Waals surface area contributed by atoms with Gasteiger partial charge in [0.15, 0.2) is 0 Å². The molecule has 2 aromatic carbocycles. The molecule has 0 heterocycles. The summed E-state index contributed by atoms with van der Waals surface area (Å²) < 4.78 is 25.0. The van der Waals surface area contributed by atoms with Crippen LogP contribution in [0.15, 0.2) is 52.5 Å². The van der Waals surface area contributed by atoms with Crippen molar-refractivity contribution in [1.29, 1.82) is 0 Å². The standard InChI is InChI=1S/C18H22N2O3S/c1-13-5-8-15(18(2,3)4)11-17(13)24(22,23)20-19-12-14-6-9-16(21)10-7-14/h5-12,20-21H,1-4H3/b19-12+. The number of benzene rings is 2. The first-order valence-corrected chi connectivity index (χ1v) is 9.03. The van der Waals surface area contributed by atoms with E-state index in [9.17, 15) is 13.5 Å². The second kappa shape index (κ2) is 6.65. The third kappa shape index (κ3) is 4.35. The minimum atomic E-state index is -3.75. The highest BCUT2D eigenvalue weighted by Gasteiger charge is 2.20. The Kier molecular flexibility index (Phi) is 4.99. The van der Waals surface area contributed by atoms with Gasteiger partial charge in [0.25, 0.3) is 10.0 Å². The number of aromatic hydroxyl groups is 1. The maximum absolute atomic E-state index is 12.5. The van der Waals surface area contributed by atoms with Gasteiger partial charge in [0.05, 0.1) is 11.1 Å². The summed E-state index contributed by atoms with van der Waals surface area (Å²) in [4.78, 5) is 2.46. The Morgan fingerprint density at radius 3 is 2.29 bits per heavy atom. The molecule has 0 radical (unpaired) electrons. The lowest BCUT2D eigenvalue weighted by Gasteiger charge is -2.20. The fourth-order valence-electron chi connectivity index (χ4n) is 2.14. The maximum atomic E-state index is 12.5. The van der Waals surface area contributed by atoms with Crippen LogP contribution in [0.1, 0.15) is 37.5 Å². The first-order chi connectivity index (χ1) is 11.1. The average molecular weight is 346 g/mol. The lowest BCUT2D eigenvalue weighted by atomic mass is 9.87. The van der Waals surface area contributed by atoms with Crippen LogP contribution < -0.4 is 4.83 Å². The van der Waals surface area contributed by atoms with Gasteiger partial charge in [-0.05, 0) is 59.4 Å². The highest BCUT2D eigenvalue weighted by atomic mass is 32.2. The van der Waals surface area contributed by atoms with Crippen molar-refractivity contribution in [3.8, 4) is 5.75 Å². The highest BCUT2D eigenvalue weighted by molar-refractivity contribution is 7.89. The van der Waals surface area contributed by atoms with Gasteiger partial charge in [-0.3, -0.25) is 0 Å². The molecular formula is C18H22N2O3S. The number of hydrogen-bond acceptors (Lipinski definition) is 4. The fraction of sp³-hybridized carbons (Fsp3) is 0.278. The predicted octanol–water partition coefficient (Wildman–Crippen LogP) is 3.31. The van der Waals surface area contributed by atoms with Gasteiger partial charge in [-0.25, -0.2) is 4.83 Å². The van der Waals surface area contributed by atoms with Gasteiger partial charge < -0.3 is 5.11 Å². The van der Waals surface area contributed by atoms with E-state index in [-0.39, 0.29) is 16.1 Å². The van der Waals surface area contributed by atoms with E-state index in [1.165, 1.54) is 18.3 Å². The molecule has 0 unspecified atom stereocenters. The quantitative estimate of drug-likeness (QED) is 0.658.